The van der Waals surface area contributed by atoms with Gasteiger partial charge in [-0.15, -0.1) is 0 Å². The van der Waals surface area contributed by atoms with E-state index in [1.165, 1.54) is 122 Å². The van der Waals surface area contributed by atoms with Crippen molar-refractivity contribution in [2.24, 2.45) is 0 Å². The molecule has 0 aliphatic carbocycles. The van der Waals surface area contributed by atoms with Crippen LogP contribution in [-0.4, -0.2) is 142 Å². The summed E-state index contributed by atoms with van der Waals surface area (Å²) < 4.78 is 34.3. The molecule has 0 amide bonds. The van der Waals surface area contributed by atoms with Crippen LogP contribution in [0.3, 0.4) is 0 Å². The summed E-state index contributed by atoms with van der Waals surface area (Å²) >= 11 is 0. The Bertz CT molecular complexity index is 1200. The van der Waals surface area contributed by atoms with Crippen LogP contribution in [0.2, 0.25) is 0 Å². The number of carbonyl (C=O) groups excluding carboxylic acids is 1. The topological polar surface area (TPSA) is 214 Å². The minimum atomic E-state index is -1.71. The third-order valence-electron chi connectivity index (χ3n) is 12.9. The van der Waals surface area contributed by atoms with Crippen LogP contribution < -0.4 is 0 Å². The Morgan fingerprint density at radius 1 is 0.478 bits per heavy atom. The normalized spacial score (nSPS) is 26.2. The Morgan fingerprint density at radius 3 is 1.40 bits per heavy atom. The zero-order valence-corrected chi connectivity index (χ0v) is 41.9. The van der Waals surface area contributed by atoms with E-state index in [1.807, 2.05) is 0 Å². The Kier molecular flexibility index (Phi) is 37.8. The molecule has 2 aliphatic heterocycles. The molecule has 2 aliphatic rings. The van der Waals surface area contributed by atoms with Gasteiger partial charge in [-0.1, -0.05) is 167 Å². The largest absolute Gasteiger partial charge is 0.457 e. The molecule has 0 aromatic heterocycles. The monoisotopic (exact) mass is 959 g/mol. The van der Waals surface area contributed by atoms with Gasteiger partial charge in [0.1, 0.15) is 54.9 Å². The van der Waals surface area contributed by atoms with E-state index in [2.05, 4.69) is 38.2 Å². The second-order valence-corrected chi connectivity index (χ2v) is 19.0. The lowest BCUT2D eigenvalue weighted by Gasteiger charge is -2.42. The van der Waals surface area contributed by atoms with Gasteiger partial charge in [0.15, 0.2) is 12.6 Å². The Labute approximate surface area is 405 Å². The minimum absolute atomic E-state index is 0.0597. The maximum atomic E-state index is 13.0. The molecule has 0 saturated carbocycles. The summed E-state index contributed by atoms with van der Waals surface area (Å²) in [6.07, 6.45) is 28.2. The average molecular weight is 959 g/mol. The summed E-state index contributed by atoms with van der Waals surface area (Å²) in [5, 5.41) is 72.1. The molecule has 2 heterocycles. The van der Waals surface area contributed by atoms with Crippen molar-refractivity contribution in [3.63, 3.8) is 0 Å². The molecular formula is C53H98O14. The van der Waals surface area contributed by atoms with Crippen molar-refractivity contribution >= 4 is 5.97 Å². The van der Waals surface area contributed by atoms with Crippen LogP contribution in [-0.2, 0) is 33.2 Å². The first kappa shape index (κ1) is 61.6. The van der Waals surface area contributed by atoms with Crippen molar-refractivity contribution in [2.45, 2.75) is 274 Å². The number of carbonyl (C=O) groups is 1. The predicted molar refractivity (Wildman–Crippen MR) is 261 cm³/mol. The summed E-state index contributed by atoms with van der Waals surface area (Å²) in [6, 6.07) is 0. The molecule has 7 N–H and O–H groups in total. The third-order valence-corrected chi connectivity index (χ3v) is 12.9. The second-order valence-electron chi connectivity index (χ2n) is 19.0. The molecule has 14 heteroatoms. The molecule has 14 nitrogen and oxygen atoms in total. The lowest BCUT2D eigenvalue weighted by molar-refractivity contribution is -0.332. The van der Waals surface area contributed by atoms with E-state index in [9.17, 15) is 40.5 Å². The number of aliphatic hydroxyl groups excluding tert-OH is 7. The first-order valence-electron chi connectivity index (χ1n) is 26.9. The molecule has 0 aromatic carbocycles. The number of ether oxygens (including phenoxy) is 6. The SMILES string of the molecule is CCCC/C=C\CCCCCCCC(=O)OC(COCCCCCCCCCCCC/C=C\CCCCCCCCCC)COC1OC(COC2OC(CO)C(O)C(O)C2O)C(O)C(O)C1O. The van der Waals surface area contributed by atoms with E-state index in [0.29, 0.717) is 13.0 Å². The number of hydrogen-bond donors (Lipinski definition) is 7. The van der Waals surface area contributed by atoms with E-state index in [1.54, 1.807) is 0 Å². The lowest BCUT2D eigenvalue weighted by Crippen LogP contribution is -2.61. The fourth-order valence-corrected chi connectivity index (χ4v) is 8.50. The summed E-state index contributed by atoms with van der Waals surface area (Å²) in [6.45, 7) is 3.65. The van der Waals surface area contributed by atoms with Gasteiger partial charge < -0.3 is 64.2 Å². The van der Waals surface area contributed by atoms with Gasteiger partial charge in [0.05, 0.1) is 26.4 Å². The van der Waals surface area contributed by atoms with E-state index in [-0.39, 0.29) is 25.6 Å². The van der Waals surface area contributed by atoms with Crippen molar-refractivity contribution in [3.05, 3.63) is 24.3 Å². The number of unbranched alkanes of at least 4 members (excludes halogenated alkanes) is 25. The molecule has 0 bridgehead atoms. The first-order valence-corrected chi connectivity index (χ1v) is 26.9. The third kappa shape index (κ3) is 28.8. The molecule has 2 fully saturated rings. The maximum absolute atomic E-state index is 13.0. The summed E-state index contributed by atoms with van der Waals surface area (Å²) in [7, 11) is 0. The predicted octanol–water partition coefficient (Wildman–Crippen LogP) is 8.41. The highest BCUT2D eigenvalue weighted by molar-refractivity contribution is 5.69. The maximum Gasteiger partial charge on any atom is 0.306 e. The van der Waals surface area contributed by atoms with Gasteiger partial charge in [0, 0.05) is 13.0 Å². The average Bonchev–Trinajstić information content (AvgIpc) is 3.32. The molecule has 0 aromatic rings. The van der Waals surface area contributed by atoms with Gasteiger partial charge in [0.2, 0.25) is 0 Å². The van der Waals surface area contributed by atoms with E-state index in [0.717, 1.165) is 57.8 Å². The molecule has 0 spiro atoms. The second kappa shape index (κ2) is 41.1. The quantitative estimate of drug-likeness (QED) is 0.0174. The van der Waals surface area contributed by atoms with Crippen LogP contribution >= 0.6 is 0 Å². The van der Waals surface area contributed by atoms with E-state index < -0.39 is 80.7 Å². The van der Waals surface area contributed by atoms with Gasteiger partial charge >= 0.3 is 5.97 Å². The van der Waals surface area contributed by atoms with Gasteiger partial charge in [-0.25, -0.2) is 0 Å². The zero-order valence-electron chi connectivity index (χ0n) is 41.9. The van der Waals surface area contributed by atoms with Crippen LogP contribution in [0.1, 0.15) is 206 Å². The number of rotatable bonds is 43. The van der Waals surface area contributed by atoms with E-state index >= 15 is 0 Å². The van der Waals surface area contributed by atoms with Crippen molar-refractivity contribution in [3.8, 4) is 0 Å². The van der Waals surface area contributed by atoms with Crippen molar-refractivity contribution in [1.29, 1.82) is 0 Å². The van der Waals surface area contributed by atoms with Crippen LogP contribution in [0.15, 0.2) is 24.3 Å². The molecular weight excluding hydrogens is 861 g/mol. The van der Waals surface area contributed by atoms with Gasteiger partial charge in [0.25, 0.3) is 0 Å². The summed E-state index contributed by atoms with van der Waals surface area (Å²) in [5.41, 5.74) is 0. The first-order chi connectivity index (χ1) is 32.6. The standard InChI is InChI=1S/C53H98O14/c1-3-5-7-9-11-13-15-16-17-18-19-20-21-22-23-24-25-27-29-31-33-35-37-62-39-42(65-45(55)36-34-32-30-28-26-14-12-10-8-6-4-2)40-63-52-51(61)49(59)47(57)44(67-52)41-64-53-50(60)48(58)46(56)43(38-54)66-53/h10,12,18-19,42-44,46-54,56-61H,3-9,11,13-17,20-41H2,1-2H3/b12-10-,19-18-. The lowest BCUT2D eigenvalue weighted by atomic mass is 9.98. The summed E-state index contributed by atoms with van der Waals surface area (Å²) in [5.74, 6) is -0.386. The van der Waals surface area contributed by atoms with Crippen LogP contribution in [0.25, 0.3) is 0 Å². The number of aliphatic hydroxyl groups is 7. The van der Waals surface area contributed by atoms with Gasteiger partial charge in [-0.3, -0.25) is 4.79 Å². The molecule has 11 unspecified atom stereocenters. The van der Waals surface area contributed by atoms with E-state index in [4.69, 9.17) is 28.4 Å². The van der Waals surface area contributed by atoms with Crippen LogP contribution in [0.4, 0.5) is 0 Å². The molecule has 2 rings (SSSR count). The summed E-state index contributed by atoms with van der Waals surface area (Å²) in [4.78, 5) is 13.0. The Hall–Kier alpha value is -1.53. The van der Waals surface area contributed by atoms with Crippen LogP contribution in [0, 0.1) is 0 Å². The molecule has 0 radical (unpaired) electrons. The van der Waals surface area contributed by atoms with Gasteiger partial charge in [-0.2, -0.15) is 0 Å². The van der Waals surface area contributed by atoms with Crippen molar-refractivity contribution in [2.75, 3.05) is 33.0 Å². The molecule has 394 valence electrons. The fourth-order valence-electron chi connectivity index (χ4n) is 8.50. The Morgan fingerprint density at radius 2 is 0.896 bits per heavy atom. The van der Waals surface area contributed by atoms with Crippen LogP contribution in [0.5, 0.6) is 0 Å². The Balaban J connectivity index is 1.71. The highest BCUT2D eigenvalue weighted by Crippen LogP contribution is 2.26. The van der Waals surface area contributed by atoms with Gasteiger partial charge in [-0.05, 0) is 57.8 Å². The fraction of sp³-hybridized carbons (Fsp3) is 0.906. The number of esters is 1. The van der Waals surface area contributed by atoms with Crippen molar-refractivity contribution in [1.82, 2.24) is 0 Å². The zero-order chi connectivity index (χ0) is 48.7. The number of hydrogen-bond acceptors (Lipinski definition) is 14. The molecule has 67 heavy (non-hydrogen) atoms. The molecule has 2 saturated heterocycles. The molecule has 11 atom stereocenters. The highest BCUT2D eigenvalue weighted by Gasteiger charge is 2.47. The smallest absolute Gasteiger partial charge is 0.306 e. The highest BCUT2D eigenvalue weighted by atomic mass is 16.7. The minimum Gasteiger partial charge on any atom is -0.457 e. The number of allylic oxidation sites excluding steroid dienone is 4. The van der Waals surface area contributed by atoms with Crippen molar-refractivity contribution < 1.29 is 69.0 Å².